The molecule has 4 N–H and O–H groups in total. The summed E-state index contributed by atoms with van der Waals surface area (Å²) >= 11 is 0. The molecule has 0 radical (unpaired) electrons. The zero-order valence-corrected chi connectivity index (χ0v) is 16.5. The lowest BCUT2D eigenvalue weighted by Gasteiger charge is -2.26. The van der Waals surface area contributed by atoms with Gasteiger partial charge in [-0.25, -0.2) is 9.37 Å². The average molecular weight is 442 g/mol. The van der Waals surface area contributed by atoms with E-state index in [2.05, 4.69) is 20.6 Å². The van der Waals surface area contributed by atoms with E-state index in [9.17, 15) is 27.7 Å². The van der Waals surface area contributed by atoms with Crippen molar-refractivity contribution < 1.29 is 22.5 Å². The first-order chi connectivity index (χ1) is 14.6. The molecular formula is C19H22F4N6O2. The molecule has 1 aromatic carbocycles. The minimum absolute atomic E-state index is 0.0121. The van der Waals surface area contributed by atoms with Gasteiger partial charge in [0.15, 0.2) is 0 Å². The Hall–Kier alpha value is -3.02. The Morgan fingerprint density at radius 3 is 2.55 bits per heavy atom. The highest BCUT2D eigenvalue weighted by Gasteiger charge is 2.34. The van der Waals surface area contributed by atoms with Crippen molar-refractivity contribution in [2.45, 2.75) is 44.4 Å². The van der Waals surface area contributed by atoms with Gasteiger partial charge in [-0.2, -0.15) is 18.2 Å². The summed E-state index contributed by atoms with van der Waals surface area (Å²) < 4.78 is 52.7. The number of anilines is 2. The molecule has 0 bridgehead atoms. The predicted molar refractivity (Wildman–Crippen MR) is 106 cm³/mol. The zero-order valence-electron chi connectivity index (χ0n) is 16.5. The van der Waals surface area contributed by atoms with E-state index >= 15 is 0 Å². The Labute approximate surface area is 175 Å². The van der Waals surface area contributed by atoms with Crippen LogP contribution in [0.1, 0.15) is 36.8 Å². The van der Waals surface area contributed by atoms with Gasteiger partial charge in [0.05, 0.1) is 10.5 Å². The molecule has 12 heteroatoms. The van der Waals surface area contributed by atoms with E-state index in [0.29, 0.717) is 18.5 Å². The van der Waals surface area contributed by atoms with Gasteiger partial charge in [0.25, 0.3) is 0 Å². The number of nitrogens with one attached hydrogen (secondary N) is 2. The number of aromatic nitrogens is 2. The predicted octanol–water partition coefficient (Wildman–Crippen LogP) is 4.08. The van der Waals surface area contributed by atoms with Crippen molar-refractivity contribution in [3.63, 3.8) is 0 Å². The molecule has 1 aliphatic rings. The fraction of sp³-hybridized carbons (Fsp3) is 0.474. The van der Waals surface area contributed by atoms with Gasteiger partial charge >= 0.3 is 11.9 Å². The van der Waals surface area contributed by atoms with Crippen LogP contribution < -0.4 is 16.4 Å². The summed E-state index contributed by atoms with van der Waals surface area (Å²) in [6.45, 7) is 0.139. The number of nitrogens with two attached hydrogens (primary N) is 1. The lowest BCUT2D eigenvalue weighted by Crippen LogP contribution is -2.29. The Morgan fingerprint density at radius 2 is 1.90 bits per heavy atom. The van der Waals surface area contributed by atoms with Crippen LogP contribution in [0.2, 0.25) is 0 Å². The molecule has 1 saturated carbocycles. The number of halogens is 4. The number of alkyl halides is 3. The molecule has 0 aliphatic heterocycles. The van der Waals surface area contributed by atoms with Gasteiger partial charge in [0.1, 0.15) is 12.0 Å². The van der Waals surface area contributed by atoms with Crippen molar-refractivity contribution >= 4 is 17.5 Å². The Morgan fingerprint density at radius 1 is 1.19 bits per heavy atom. The van der Waals surface area contributed by atoms with Gasteiger partial charge in [0.2, 0.25) is 11.8 Å². The third kappa shape index (κ3) is 5.78. The summed E-state index contributed by atoms with van der Waals surface area (Å²) in [6, 6.07) is 3.14. The molecule has 3 rings (SSSR count). The molecule has 1 aliphatic carbocycles. The van der Waals surface area contributed by atoms with Gasteiger partial charge in [-0.1, -0.05) is 12.1 Å². The monoisotopic (exact) mass is 442 g/mol. The number of rotatable bonds is 7. The van der Waals surface area contributed by atoms with Crippen molar-refractivity contribution in [1.29, 1.82) is 0 Å². The molecule has 0 atom stereocenters. The molecule has 1 fully saturated rings. The molecule has 0 saturated heterocycles. The molecule has 1 heterocycles. The number of hydrogen-bond acceptors (Lipinski definition) is 7. The van der Waals surface area contributed by atoms with Gasteiger partial charge in [-0.15, -0.1) is 0 Å². The SMILES string of the molecule is N[C@H]1CC[C@H](CNc2nc(NCc3cccc(C(F)(F)F)c3F)ncc2[N+](=O)[O-])CC1. The van der Waals surface area contributed by atoms with Crippen LogP contribution in [-0.4, -0.2) is 27.5 Å². The van der Waals surface area contributed by atoms with Crippen LogP contribution in [-0.2, 0) is 12.7 Å². The molecule has 0 unspecified atom stereocenters. The van der Waals surface area contributed by atoms with Gasteiger partial charge in [-0.05, 0) is 37.7 Å². The number of nitro groups is 1. The summed E-state index contributed by atoms with van der Waals surface area (Å²) in [4.78, 5) is 18.5. The van der Waals surface area contributed by atoms with E-state index in [1.54, 1.807) is 0 Å². The second-order valence-corrected chi connectivity index (χ2v) is 7.48. The molecule has 2 aromatic rings. The fourth-order valence-electron chi connectivity index (χ4n) is 3.47. The topological polar surface area (TPSA) is 119 Å². The lowest BCUT2D eigenvalue weighted by molar-refractivity contribution is -0.384. The summed E-state index contributed by atoms with van der Waals surface area (Å²) in [5, 5.41) is 16.9. The van der Waals surface area contributed by atoms with Gasteiger partial charge in [0, 0.05) is 24.7 Å². The van der Waals surface area contributed by atoms with Crippen molar-refractivity contribution in [3.05, 3.63) is 51.5 Å². The maximum absolute atomic E-state index is 14.2. The highest BCUT2D eigenvalue weighted by atomic mass is 19.4. The molecule has 31 heavy (non-hydrogen) atoms. The molecule has 1 aromatic heterocycles. The zero-order chi connectivity index (χ0) is 22.6. The lowest BCUT2D eigenvalue weighted by atomic mass is 9.86. The second kappa shape index (κ2) is 9.41. The van der Waals surface area contributed by atoms with E-state index in [4.69, 9.17) is 5.73 Å². The smallest absolute Gasteiger partial charge is 0.364 e. The summed E-state index contributed by atoms with van der Waals surface area (Å²) in [7, 11) is 0. The summed E-state index contributed by atoms with van der Waals surface area (Å²) in [5.41, 5.74) is 3.95. The van der Waals surface area contributed by atoms with E-state index in [1.165, 1.54) is 6.07 Å². The number of hydrogen-bond donors (Lipinski definition) is 3. The van der Waals surface area contributed by atoms with Crippen LogP contribution >= 0.6 is 0 Å². The van der Waals surface area contributed by atoms with Crippen molar-refractivity contribution in [3.8, 4) is 0 Å². The van der Waals surface area contributed by atoms with E-state index in [1.807, 2.05) is 0 Å². The minimum Gasteiger partial charge on any atom is -0.364 e. The summed E-state index contributed by atoms with van der Waals surface area (Å²) in [5.74, 6) is -1.18. The maximum Gasteiger partial charge on any atom is 0.419 e. The van der Waals surface area contributed by atoms with E-state index < -0.39 is 22.5 Å². The van der Waals surface area contributed by atoms with Crippen LogP contribution in [0.3, 0.4) is 0 Å². The molecule has 0 amide bonds. The minimum atomic E-state index is -4.82. The number of benzene rings is 1. The van der Waals surface area contributed by atoms with Crippen molar-refractivity contribution in [1.82, 2.24) is 9.97 Å². The normalized spacial score (nSPS) is 19.1. The summed E-state index contributed by atoms with van der Waals surface area (Å²) in [6.07, 6.45) is -0.262. The average Bonchev–Trinajstić information content (AvgIpc) is 2.71. The third-order valence-electron chi connectivity index (χ3n) is 5.24. The van der Waals surface area contributed by atoms with Crippen LogP contribution in [0.25, 0.3) is 0 Å². The molecule has 0 spiro atoms. The Balaban J connectivity index is 1.71. The first-order valence-electron chi connectivity index (χ1n) is 9.74. The van der Waals surface area contributed by atoms with Crippen LogP contribution in [0.15, 0.2) is 24.4 Å². The van der Waals surface area contributed by atoms with Crippen molar-refractivity contribution in [2.75, 3.05) is 17.2 Å². The maximum atomic E-state index is 14.2. The van der Waals surface area contributed by atoms with E-state index in [0.717, 1.165) is 37.9 Å². The Kier molecular flexibility index (Phi) is 6.88. The highest BCUT2D eigenvalue weighted by Crippen LogP contribution is 2.32. The van der Waals surface area contributed by atoms with E-state index in [-0.39, 0.29) is 35.6 Å². The second-order valence-electron chi connectivity index (χ2n) is 7.48. The molecule has 168 valence electrons. The Bertz CT molecular complexity index is 932. The standard InChI is InChI=1S/C19H22F4N6O2/c20-16-12(2-1-3-14(16)19(21,22)23)9-26-18-27-10-15(29(30)31)17(28-18)25-8-11-4-6-13(24)7-5-11/h1-3,10-11,13H,4-9,24H2,(H2,25,26,27,28)/t11-,13-. The van der Waals surface area contributed by atoms with Gasteiger partial charge < -0.3 is 16.4 Å². The highest BCUT2D eigenvalue weighted by molar-refractivity contribution is 5.57. The third-order valence-corrected chi connectivity index (χ3v) is 5.24. The molecular weight excluding hydrogens is 420 g/mol. The van der Waals surface area contributed by atoms with Crippen LogP contribution in [0.5, 0.6) is 0 Å². The quantitative estimate of drug-likeness (QED) is 0.336. The fourth-order valence-corrected chi connectivity index (χ4v) is 3.47. The van der Waals surface area contributed by atoms with Crippen molar-refractivity contribution in [2.24, 2.45) is 11.7 Å². The van der Waals surface area contributed by atoms with Crippen LogP contribution in [0, 0.1) is 21.8 Å². The van der Waals surface area contributed by atoms with Crippen LogP contribution in [0.4, 0.5) is 35.0 Å². The first kappa shape index (κ1) is 22.7. The first-order valence-corrected chi connectivity index (χ1v) is 9.74. The number of nitrogens with zero attached hydrogens (tertiary/aromatic N) is 3. The van der Waals surface area contributed by atoms with Gasteiger partial charge in [-0.3, -0.25) is 10.1 Å². The largest absolute Gasteiger partial charge is 0.419 e. The molecule has 8 nitrogen and oxygen atoms in total.